The Balaban J connectivity index is 1.54. The molecule has 4 rings (SSSR count). The molecule has 0 radical (unpaired) electrons. The molecule has 3 aromatic rings. The molecule has 0 fully saturated rings. The Hall–Kier alpha value is -2.93. The smallest absolute Gasteiger partial charge is 0.326 e. The largest absolute Gasteiger partial charge is 0.480 e. The van der Waals surface area contributed by atoms with E-state index in [1.54, 1.807) is 12.5 Å². The number of aliphatic carboxylic acids is 1. The molecule has 0 saturated heterocycles. The molecule has 1 N–H and O–H groups in total. The van der Waals surface area contributed by atoms with Gasteiger partial charge in [-0.05, 0) is 17.2 Å². The van der Waals surface area contributed by atoms with Crippen LogP contribution in [0.4, 0.5) is 0 Å². The van der Waals surface area contributed by atoms with Gasteiger partial charge in [0.15, 0.2) is 0 Å². The number of aromatic nitrogens is 1. The number of thiazole rings is 1. The lowest BCUT2D eigenvalue weighted by Crippen LogP contribution is -2.49. The van der Waals surface area contributed by atoms with E-state index in [1.807, 2.05) is 35.7 Å². The van der Waals surface area contributed by atoms with Gasteiger partial charge in [0.2, 0.25) is 5.91 Å². The van der Waals surface area contributed by atoms with Crippen molar-refractivity contribution in [3.63, 3.8) is 0 Å². The van der Waals surface area contributed by atoms with Gasteiger partial charge in [-0.2, -0.15) is 0 Å². The number of carbonyl (C=O) groups is 2. The van der Waals surface area contributed by atoms with E-state index in [0.717, 1.165) is 21.7 Å². The minimum atomic E-state index is -0.981. The highest BCUT2D eigenvalue weighted by atomic mass is 32.1. The Kier molecular flexibility index (Phi) is 4.30. The molecule has 1 aliphatic rings. The average Bonchev–Trinajstić information content (AvgIpc) is 3.32. The number of rotatable bonds is 4. The Labute approximate surface area is 153 Å². The molecular formula is C19H16N2O4S. The summed E-state index contributed by atoms with van der Waals surface area (Å²) in [5.41, 5.74) is 3.48. The van der Waals surface area contributed by atoms with Gasteiger partial charge < -0.3 is 14.4 Å². The number of nitrogens with zero attached hydrogens (tertiary/aromatic N) is 2. The fraction of sp³-hybridized carbons (Fsp3) is 0.211. The third-order valence-electron chi connectivity index (χ3n) is 4.51. The van der Waals surface area contributed by atoms with Crippen molar-refractivity contribution in [2.75, 3.05) is 0 Å². The summed E-state index contributed by atoms with van der Waals surface area (Å²) in [7, 11) is 0. The molecule has 6 nitrogen and oxygen atoms in total. The number of hydrogen-bond acceptors (Lipinski definition) is 5. The highest BCUT2D eigenvalue weighted by Gasteiger charge is 2.34. The number of carboxylic acid groups (broad SMARTS) is 1. The van der Waals surface area contributed by atoms with Crippen LogP contribution < -0.4 is 0 Å². The number of furan rings is 1. The summed E-state index contributed by atoms with van der Waals surface area (Å²) in [5, 5.41) is 12.2. The molecule has 1 aliphatic heterocycles. The van der Waals surface area contributed by atoms with Crippen molar-refractivity contribution in [1.82, 2.24) is 9.88 Å². The van der Waals surface area contributed by atoms with Crippen molar-refractivity contribution in [2.45, 2.75) is 25.4 Å². The Morgan fingerprint density at radius 1 is 1.27 bits per heavy atom. The molecule has 1 aromatic carbocycles. The van der Waals surface area contributed by atoms with E-state index in [9.17, 15) is 14.7 Å². The summed E-state index contributed by atoms with van der Waals surface area (Å²) in [6, 6.07) is 8.62. The van der Waals surface area contributed by atoms with Crippen LogP contribution in [0.2, 0.25) is 0 Å². The van der Waals surface area contributed by atoms with Gasteiger partial charge in [-0.25, -0.2) is 9.78 Å². The third-order valence-corrected chi connectivity index (χ3v) is 5.45. The molecule has 0 spiro atoms. The van der Waals surface area contributed by atoms with E-state index in [4.69, 9.17) is 4.42 Å². The average molecular weight is 368 g/mol. The SMILES string of the molecule is O=C(O)[C@@H]1Cc2ccccc2CN1C(=O)Cc1csc(-c2ccoc2)n1. The van der Waals surface area contributed by atoms with Crippen molar-refractivity contribution in [2.24, 2.45) is 0 Å². The highest BCUT2D eigenvalue weighted by Crippen LogP contribution is 2.26. The first-order chi connectivity index (χ1) is 12.6. The van der Waals surface area contributed by atoms with Crippen LogP contribution in [0.15, 0.2) is 52.7 Å². The van der Waals surface area contributed by atoms with Crippen LogP contribution in [0.25, 0.3) is 10.6 Å². The van der Waals surface area contributed by atoms with Crippen molar-refractivity contribution < 1.29 is 19.1 Å². The maximum atomic E-state index is 12.8. The van der Waals surface area contributed by atoms with Crippen LogP contribution >= 0.6 is 11.3 Å². The van der Waals surface area contributed by atoms with Gasteiger partial charge in [0, 0.05) is 23.9 Å². The summed E-state index contributed by atoms with van der Waals surface area (Å²) >= 11 is 1.43. The zero-order valence-electron chi connectivity index (χ0n) is 13.8. The second-order valence-electron chi connectivity index (χ2n) is 6.18. The zero-order chi connectivity index (χ0) is 18.1. The van der Waals surface area contributed by atoms with E-state index in [1.165, 1.54) is 16.2 Å². The molecule has 0 bridgehead atoms. The maximum absolute atomic E-state index is 12.8. The molecule has 7 heteroatoms. The first-order valence-electron chi connectivity index (χ1n) is 8.18. The molecule has 1 atom stereocenters. The van der Waals surface area contributed by atoms with Gasteiger partial charge in [0.1, 0.15) is 17.3 Å². The second-order valence-corrected chi connectivity index (χ2v) is 7.04. The maximum Gasteiger partial charge on any atom is 0.326 e. The minimum Gasteiger partial charge on any atom is -0.480 e. The number of carboxylic acids is 1. The second kappa shape index (κ2) is 6.76. The van der Waals surface area contributed by atoms with Crippen LogP contribution in [0.5, 0.6) is 0 Å². The number of hydrogen-bond donors (Lipinski definition) is 1. The van der Waals surface area contributed by atoms with E-state index in [2.05, 4.69) is 4.98 Å². The molecular weight excluding hydrogens is 352 g/mol. The zero-order valence-corrected chi connectivity index (χ0v) is 14.6. The van der Waals surface area contributed by atoms with Crippen molar-refractivity contribution >= 4 is 23.2 Å². The van der Waals surface area contributed by atoms with Gasteiger partial charge in [-0.15, -0.1) is 11.3 Å². The summed E-state index contributed by atoms with van der Waals surface area (Å²) in [6.45, 7) is 0.310. The predicted molar refractivity (Wildman–Crippen MR) is 95.6 cm³/mol. The monoisotopic (exact) mass is 368 g/mol. The van der Waals surface area contributed by atoms with E-state index < -0.39 is 12.0 Å². The number of benzene rings is 1. The predicted octanol–water partition coefficient (Wildman–Crippen LogP) is 2.98. The van der Waals surface area contributed by atoms with Crippen molar-refractivity contribution in [1.29, 1.82) is 0 Å². The molecule has 0 aliphatic carbocycles. The Bertz CT molecular complexity index is 948. The van der Waals surface area contributed by atoms with Crippen LogP contribution in [0, 0.1) is 0 Å². The molecule has 132 valence electrons. The standard InChI is InChI=1S/C19H16N2O4S/c22-17(8-15-11-26-18(20-15)14-5-6-25-10-14)21-9-13-4-2-1-3-12(13)7-16(21)19(23)24/h1-6,10-11,16H,7-9H2,(H,23,24)/t16-/m0/s1. The van der Waals surface area contributed by atoms with Gasteiger partial charge in [-0.3, -0.25) is 4.79 Å². The first kappa shape index (κ1) is 16.5. The highest BCUT2D eigenvalue weighted by molar-refractivity contribution is 7.13. The summed E-state index contributed by atoms with van der Waals surface area (Å²) in [6.07, 6.45) is 3.59. The van der Waals surface area contributed by atoms with E-state index in [-0.39, 0.29) is 12.3 Å². The molecule has 3 heterocycles. The van der Waals surface area contributed by atoms with Crippen molar-refractivity contribution in [3.8, 4) is 10.6 Å². The Morgan fingerprint density at radius 3 is 2.81 bits per heavy atom. The molecule has 0 unspecified atom stereocenters. The lowest BCUT2D eigenvalue weighted by molar-refractivity contribution is -0.151. The fourth-order valence-corrected chi connectivity index (χ4v) is 3.98. The quantitative estimate of drug-likeness (QED) is 0.765. The summed E-state index contributed by atoms with van der Waals surface area (Å²) in [5.74, 6) is -1.21. The molecule has 0 saturated carbocycles. The summed E-state index contributed by atoms with van der Waals surface area (Å²) < 4.78 is 5.05. The first-order valence-corrected chi connectivity index (χ1v) is 9.06. The molecule has 2 aromatic heterocycles. The fourth-order valence-electron chi connectivity index (χ4n) is 3.17. The Morgan fingerprint density at radius 2 is 2.08 bits per heavy atom. The normalized spacial score (nSPS) is 16.3. The van der Waals surface area contributed by atoms with Crippen molar-refractivity contribution in [3.05, 3.63) is 65.1 Å². The number of carbonyl (C=O) groups excluding carboxylic acids is 1. The van der Waals surface area contributed by atoms with E-state index in [0.29, 0.717) is 18.7 Å². The van der Waals surface area contributed by atoms with Gasteiger partial charge in [0.25, 0.3) is 0 Å². The summed E-state index contributed by atoms with van der Waals surface area (Å²) in [4.78, 5) is 30.4. The topological polar surface area (TPSA) is 83.6 Å². The van der Waals surface area contributed by atoms with E-state index >= 15 is 0 Å². The number of amides is 1. The lowest BCUT2D eigenvalue weighted by atomic mass is 9.93. The van der Waals surface area contributed by atoms with Gasteiger partial charge in [0.05, 0.1) is 18.4 Å². The molecule has 1 amide bonds. The lowest BCUT2D eigenvalue weighted by Gasteiger charge is -2.34. The van der Waals surface area contributed by atoms with Crippen LogP contribution in [0.1, 0.15) is 16.8 Å². The molecule has 26 heavy (non-hydrogen) atoms. The van der Waals surface area contributed by atoms with Crippen LogP contribution in [-0.4, -0.2) is 32.9 Å². The van der Waals surface area contributed by atoms with Crippen LogP contribution in [0.3, 0.4) is 0 Å². The number of fused-ring (bicyclic) bond motifs is 1. The third kappa shape index (κ3) is 3.13. The van der Waals surface area contributed by atoms with Crippen LogP contribution in [-0.2, 0) is 29.0 Å². The minimum absolute atomic E-state index is 0.0836. The van der Waals surface area contributed by atoms with Gasteiger partial charge in [-0.1, -0.05) is 24.3 Å². The van der Waals surface area contributed by atoms with Gasteiger partial charge >= 0.3 is 5.97 Å².